The van der Waals surface area contributed by atoms with Crippen molar-refractivity contribution in [2.24, 2.45) is 0 Å². The normalized spacial score (nSPS) is 19.7. The van der Waals surface area contributed by atoms with Gasteiger partial charge in [-0.2, -0.15) is 0 Å². The smallest absolute Gasteiger partial charge is 0.263 e. The van der Waals surface area contributed by atoms with E-state index in [4.69, 9.17) is 4.74 Å². The number of hydrogen-bond donors (Lipinski definition) is 0. The Labute approximate surface area is 125 Å². The molecule has 0 aliphatic carbocycles. The summed E-state index contributed by atoms with van der Waals surface area (Å²) in [6, 6.07) is 8.69. The predicted octanol–water partition coefficient (Wildman–Crippen LogP) is 2.58. The molecule has 1 aromatic rings. The number of sulfonamides is 1. The monoisotopic (exact) mass is 309 g/mol. The summed E-state index contributed by atoms with van der Waals surface area (Å²) in [7, 11) is -3.81. The standard InChI is InChI=1S/C15H19NO4S/c1-15(2,3)20-9-10-21(18,19)16-13(11-14(16)17)12-7-5-4-6-8-12/h4-10,13H,11H2,1-3H3/b10-9+. The summed E-state index contributed by atoms with van der Waals surface area (Å²) in [5.41, 5.74) is 0.329. The summed E-state index contributed by atoms with van der Waals surface area (Å²) in [6.07, 6.45) is 1.33. The zero-order valence-electron chi connectivity index (χ0n) is 12.3. The maximum Gasteiger partial charge on any atom is 0.263 e. The van der Waals surface area contributed by atoms with Crippen LogP contribution in [0.4, 0.5) is 0 Å². The second kappa shape index (κ2) is 5.52. The molecule has 1 atom stereocenters. The number of amides is 1. The molecule has 114 valence electrons. The Kier molecular flexibility index (Phi) is 4.09. The molecule has 0 N–H and O–H groups in total. The van der Waals surface area contributed by atoms with E-state index in [-0.39, 0.29) is 6.42 Å². The Morgan fingerprint density at radius 2 is 1.86 bits per heavy atom. The first-order valence-corrected chi connectivity index (χ1v) is 8.18. The largest absolute Gasteiger partial charge is 0.495 e. The van der Waals surface area contributed by atoms with Gasteiger partial charge in [0.05, 0.1) is 29.7 Å². The fraction of sp³-hybridized carbons (Fsp3) is 0.400. The average molecular weight is 309 g/mol. The average Bonchev–Trinajstić information content (AvgIpc) is 2.34. The highest BCUT2D eigenvalue weighted by atomic mass is 32.2. The van der Waals surface area contributed by atoms with Crippen LogP contribution >= 0.6 is 0 Å². The number of β-lactam (4-membered cyclic amide) rings is 1. The van der Waals surface area contributed by atoms with Crippen molar-refractivity contribution in [3.05, 3.63) is 47.6 Å². The highest BCUT2D eigenvalue weighted by Gasteiger charge is 2.44. The molecule has 1 aliphatic rings. The molecule has 0 radical (unpaired) electrons. The van der Waals surface area contributed by atoms with Crippen LogP contribution in [-0.2, 0) is 19.6 Å². The molecule has 1 heterocycles. The van der Waals surface area contributed by atoms with Crippen LogP contribution in [0.1, 0.15) is 38.8 Å². The first kappa shape index (κ1) is 15.6. The third-order valence-corrected chi connectivity index (χ3v) is 4.47. The summed E-state index contributed by atoms with van der Waals surface area (Å²) < 4.78 is 30.6. The van der Waals surface area contributed by atoms with Gasteiger partial charge in [-0.25, -0.2) is 12.7 Å². The van der Waals surface area contributed by atoms with Gasteiger partial charge in [0, 0.05) is 0 Å². The van der Waals surface area contributed by atoms with Crippen LogP contribution in [0.3, 0.4) is 0 Å². The van der Waals surface area contributed by atoms with E-state index in [2.05, 4.69) is 0 Å². The van der Waals surface area contributed by atoms with E-state index < -0.39 is 27.6 Å². The first-order valence-electron chi connectivity index (χ1n) is 6.67. The van der Waals surface area contributed by atoms with E-state index in [1.165, 1.54) is 0 Å². The zero-order valence-corrected chi connectivity index (χ0v) is 13.1. The van der Waals surface area contributed by atoms with Gasteiger partial charge in [0.25, 0.3) is 10.0 Å². The van der Waals surface area contributed by atoms with Crippen molar-refractivity contribution in [3.63, 3.8) is 0 Å². The van der Waals surface area contributed by atoms with E-state index in [1.807, 2.05) is 51.1 Å². The van der Waals surface area contributed by atoms with Crippen molar-refractivity contribution >= 4 is 15.9 Å². The molecule has 0 aromatic heterocycles. The molecule has 0 bridgehead atoms. The number of nitrogens with zero attached hydrogens (tertiary/aromatic N) is 1. The molecule has 0 saturated carbocycles. The minimum absolute atomic E-state index is 0.206. The lowest BCUT2D eigenvalue weighted by Crippen LogP contribution is -2.49. The van der Waals surface area contributed by atoms with E-state index >= 15 is 0 Å². The fourth-order valence-electron chi connectivity index (χ4n) is 2.02. The molecular formula is C15H19NO4S. The third-order valence-electron chi connectivity index (χ3n) is 3.00. The van der Waals surface area contributed by atoms with Gasteiger partial charge in [0.2, 0.25) is 5.91 Å². The van der Waals surface area contributed by atoms with Gasteiger partial charge < -0.3 is 4.74 Å². The minimum Gasteiger partial charge on any atom is -0.495 e. The van der Waals surface area contributed by atoms with Crippen LogP contribution in [-0.4, -0.2) is 24.2 Å². The van der Waals surface area contributed by atoms with E-state index in [0.29, 0.717) is 0 Å². The Hall–Kier alpha value is -1.82. The summed E-state index contributed by atoms with van der Waals surface area (Å²) in [5, 5.41) is 0.936. The van der Waals surface area contributed by atoms with Gasteiger partial charge in [-0.15, -0.1) is 0 Å². The van der Waals surface area contributed by atoms with Crippen molar-refractivity contribution in [2.45, 2.75) is 38.8 Å². The van der Waals surface area contributed by atoms with Crippen LogP contribution < -0.4 is 0 Å². The van der Waals surface area contributed by atoms with Crippen LogP contribution in [0.15, 0.2) is 42.0 Å². The van der Waals surface area contributed by atoms with E-state index in [9.17, 15) is 13.2 Å². The molecule has 0 spiro atoms. The molecule has 1 aromatic carbocycles. The first-order chi connectivity index (χ1) is 9.71. The van der Waals surface area contributed by atoms with Gasteiger partial charge in [-0.3, -0.25) is 4.79 Å². The number of carbonyl (C=O) groups excluding carboxylic acids is 1. The Morgan fingerprint density at radius 1 is 1.24 bits per heavy atom. The molecule has 1 amide bonds. The minimum atomic E-state index is -3.81. The number of rotatable bonds is 4. The molecule has 5 nitrogen and oxygen atoms in total. The molecule has 1 unspecified atom stereocenters. The Morgan fingerprint density at radius 3 is 2.38 bits per heavy atom. The highest BCUT2D eigenvalue weighted by Crippen LogP contribution is 2.37. The molecule has 21 heavy (non-hydrogen) atoms. The van der Waals surface area contributed by atoms with Crippen LogP contribution in [0.5, 0.6) is 0 Å². The second-order valence-corrected chi connectivity index (χ2v) is 7.56. The number of benzene rings is 1. The van der Waals surface area contributed by atoms with Gasteiger partial charge in [0.1, 0.15) is 0 Å². The fourth-order valence-corrected chi connectivity index (χ4v) is 3.25. The Bertz CT molecular complexity index is 644. The maximum atomic E-state index is 12.2. The number of ether oxygens (including phenoxy) is 1. The summed E-state index contributed by atoms with van der Waals surface area (Å²) in [6.45, 7) is 5.43. The van der Waals surface area contributed by atoms with Crippen LogP contribution in [0, 0.1) is 0 Å². The molecule has 6 heteroatoms. The summed E-state index contributed by atoms with van der Waals surface area (Å²) in [4.78, 5) is 11.7. The van der Waals surface area contributed by atoms with E-state index in [1.54, 1.807) is 0 Å². The topological polar surface area (TPSA) is 63.7 Å². The quantitative estimate of drug-likeness (QED) is 0.633. The van der Waals surface area contributed by atoms with Crippen molar-refractivity contribution in [1.82, 2.24) is 4.31 Å². The maximum absolute atomic E-state index is 12.2. The predicted molar refractivity (Wildman–Crippen MR) is 79.5 cm³/mol. The van der Waals surface area contributed by atoms with Gasteiger partial charge in [-0.1, -0.05) is 30.3 Å². The van der Waals surface area contributed by atoms with Crippen LogP contribution in [0.2, 0.25) is 0 Å². The van der Waals surface area contributed by atoms with Gasteiger partial charge in [-0.05, 0) is 26.3 Å². The second-order valence-electron chi connectivity index (χ2n) is 5.87. The lowest BCUT2D eigenvalue weighted by atomic mass is 9.97. The van der Waals surface area contributed by atoms with Crippen molar-refractivity contribution in [2.75, 3.05) is 0 Å². The van der Waals surface area contributed by atoms with Crippen molar-refractivity contribution in [1.29, 1.82) is 0 Å². The molecule has 1 fully saturated rings. The SMILES string of the molecule is CC(C)(C)O/C=C/S(=O)(=O)N1C(=O)CC1c1ccccc1. The molecule has 2 rings (SSSR count). The zero-order chi connectivity index (χ0) is 15.7. The van der Waals surface area contributed by atoms with Gasteiger partial charge in [0.15, 0.2) is 0 Å². The lowest BCUT2D eigenvalue weighted by Gasteiger charge is -2.38. The molecule has 1 aliphatic heterocycles. The van der Waals surface area contributed by atoms with E-state index in [0.717, 1.165) is 21.5 Å². The number of carbonyl (C=O) groups is 1. The third kappa shape index (κ3) is 3.64. The van der Waals surface area contributed by atoms with Gasteiger partial charge >= 0.3 is 0 Å². The molecule has 1 saturated heterocycles. The summed E-state index contributed by atoms with van der Waals surface area (Å²) in [5.74, 6) is -0.399. The lowest BCUT2D eigenvalue weighted by molar-refractivity contribution is -0.137. The van der Waals surface area contributed by atoms with Crippen molar-refractivity contribution in [3.8, 4) is 0 Å². The Balaban J connectivity index is 2.17. The summed E-state index contributed by atoms with van der Waals surface area (Å²) >= 11 is 0. The van der Waals surface area contributed by atoms with Crippen LogP contribution in [0.25, 0.3) is 0 Å². The van der Waals surface area contributed by atoms with Crippen molar-refractivity contribution < 1.29 is 17.9 Å². The number of hydrogen-bond acceptors (Lipinski definition) is 4. The molecular weight excluding hydrogens is 290 g/mol. The highest BCUT2D eigenvalue weighted by molar-refractivity contribution is 7.92.